The van der Waals surface area contributed by atoms with E-state index in [1.165, 1.54) is 0 Å². The number of halogens is 3. The molecular formula is C24H24BrCl2NO5S. The summed E-state index contributed by atoms with van der Waals surface area (Å²) < 4.78 is 36.8. The van der Waals surface area contributed by atoms with Crippen LogP contribution in [0.2, 0.25) is 10.0 Å². The van der Waals surface area contributed by atoms with Crippen LogP contribution in [0.15, 0.2) is 63.5 Å². The average molecular weight is 589 g/mol. The van der Waals surface area contributed by atoms with Crippen LogP contribution in [0, 0.1) is 0 Å². The van der Waals surface area contributed by atoms with E-state index in [0.29, 0.717) is 45.8 Å². The van der Waals surface area contributed by atoms with E-state index in [2.05, 4.69) is 15.9 Å². The van der Waals surface area contributed by atoms with Crippen LogP contribution < -0.4 is 4.74 Å². The van der Waals surface area contributed by atoms with Gasteiger partial charge in [-0.05, 0) is 64.8 Å². The largest absolute Gasteiger partial charge is 0.490 e. The second kappa shape index (κ2) is 11.0. The molecule has 4 rings (SSSR count). The third-order valence-corrected chi connectivity index (χ3v) is 8.62. The van der Waals surface area contributed by atoms with Gasteiger partial charge in [0.2, 0.25) is 0 Å². The van der Waals surface area contributed by atoms with Crippen LogP contribution >= 0.6 is 39.1 Å². The van der Waals surface area contributed by atoms with Gasteiger partial charge >= 0.3 is 0 Å². The summed E-state index contributed by atoms with van der Waals surface area (Å²) in [5.74, 6) is 2.02. The molecule has 182 valence electrons. The van der Waals surface area contributed by atoms with Crippen LogP contribution in [0.25, 0.3) is 11.3 Å². The van der Waals surface area contributed by atoms with Crippen LogP contribution in [-0.2, 0) is 16.4 Å². The first kappa shape index (κ1) is 25.5. The number of hydrogen-bond acceptors (Lipinski definition) is 6. The minimum Gasteiger partial charge on any atom is -0.490 e. The smallest absolute Gasteiger partial charge is 0.151 e. The van der Waals surface area contributed by atoms with Crippen LogP contribution in [0.1, 0.15) is 12.2 Å². The first-order valence-corrected chi connectivity index (χ1v) is 14.1. The van der Waals surface area contributed by atoms with Gasteiger partial charge in [0.15, 0.2) is 9.84 Å². The topological polar surface area (TPSA) is 80.0 Å². The lowest BCUT2D eigenvalue weighted by atomic mass is 10.2. The standard InChI is InChI=1S/C24H24BrCl2NO5S/c25-21-3-1-2-4-24(21)32-14-18(29)12-28(17-9-10-34(30,31)15-17)13-19-6-8-23(33-19)20-11-16(26)5-7-22(20)27/h1-8,11,17-18,29H,9-10,12-15H2. The number of para-hydroxylation sites is 1. The van der Waals surface area contributed by atoms with Gasteiger partial charge in [-0.25, -0.2) is 8.42 Å². The van der Waals surface area contributed by atoms with Gasteiger partial charge in [0.05, 0.1) is 27.5 Å². The van der Waals surface area contributed by atoms with Crippen molar-refractivity contribution >= 4 is 49.0 Å². The highest BCUT2D eigenvalue weighted by Crippen LogP contribution is 2.32. The Balaban J connectivity index is 1.47. The minimum atomic E-state index is -3.10. The summed E-state index contributed by atoms with van der Waals surface area (Å²) in [5.41, 5.74) is 0.678. The van der Waals surface area contributed by atoms with E-state index >= 15 is 0 Å². The van der Waals surface area contributed by atoms with Crippen LogP contribution in [-0.4, -0.2) is 55.2 Å². The summed E-state index contributed by atoms with van der Waals surface area (Å²) in [5, 5.41) is 11.8. The zero-order valence-corrected chi connectivity index (χ0v) is 22.1. The molecule has 34 heavy (non-hydrogen) atoms. The molecule has 0 aliphatic carbocycles. The molecule has 2 aromatic carbocycles. The lowest BCUT2D eigenvalue weighted by molar-refractivity contribution is 0.0496. The Morgan fingerprint density at radius 2 is 1.97 bits per heavy atom. The van der Waals surface area contributed by atoms with Gasteiger partial charge in [-0.15, -0.1) is 0 Å². The number of rotatable bonds is 9. The molecular weight excluding hydrogens is 565 g/mol. The lowest BCUT2D eigenvalue weighted by Crippen LogP contribution is -2.42. The number of hydrogen-bond donors (Lipinski definition) is 1. The summed E-state index contributed by atoms with van der Waals surface area (Å²) in [4.78, 5) is 1.95. The van der Waals surface area contributed by atoms with E-state index in [-0.39, 0.29) is 30.7 Å². The van der Waals surface area contributed by atoms with Gasteiger partial charge in [0.25, 0.3) is 0 Å². The number of benzene rings is 2. The van der Waals surface area contributed by atoms with Crippen molar-refractivity contribution in [3.63, 3.8) is 0 Å². The SMILES string of the molecule is O=S1(=O)CCC(N(Cc2ccc(-c3cc(Cl)ccc3Cl)o2)CC(O)COc2ccccc2Br)C1. The molecule has 2 atom stereocenters. The molecule has 0 amide bonds. The maximum atomic E-state index is 12.1. The van der Waals surface area contributed by atoms with Crippen molar-refractivity contribution < 1.29 is 22.7 Å². The van der Waals surface area contributed by atoms with Crippen molar-refractivity contribution in [2.24, 2.45) is 0 Å². The number of furan rings is 1. The van der Waals surface area contributed by atoms with Crippen molar-refractivity contribution in [2.45, 2.75) is 25.1 Å². The maximum absolute atomic E-state index is 12.1. The summed E-state index contributed by atoms with van der Waals surface area (Å²) in [6.45, 7) is 0.642. The third kappa shape index (κ3) is 6.56. The maximum Gasteiger partial charge on any atom is 0.151 e. The van der Waals surface area contributed by atoms with Crippen molar-refractivity contribution in [3.8, 4) is 17.1 Å². The highest BCUT2D eigenvalue weighted by atomic mass is 79.9. The third-order valence-electron chi connectivity index (χ3n) is 5.65. The Morgan fingerprint density at radius 1 is 1.18 bits per heavy atom. The van der Waals surface area contributed by atoms with E-state index in [4.69, 9.17) is 32.4 Å². The van der Waals surface area contributed by atoms with Crippen molar-refractivity contribution in [1.29, 1.82) is 0 Å². The predicted octanol–water partition coefficient (Wildman–Crippen LogP) is 5.44. The fraction of sp³-hybridized carbons (Fsp3) is 0.333. The van der Waals surface area contributed by atoms with Gasteiger partial charge < -0.3 is 14.3 Å². The molecule has 3 aromatic rings. The van der Waals surface area contributed by atoms with Gasteiger partial charge in [0.1, 0.15) is 30.0 Å². The molecule has 1 aliphatic heterocycles. The molecule has 0 spiro atoms. The van der Waals surface area contributed by atoms with E-state index in [1.807, 2.05) is 41.3 Å². The molecule has 6 nitrogen and oxygen atoms in total. The fourth-order valence-corrected chi connectivity index (χ4v) is 6.51. The molecule has 1 fully saturated rings. The molecule has 1 N–H and O–H groups in total. The normalized spacial score (nSPS) is 18.3. The van der Waals surface area contributed by atoms with Crippen molar-refractivity contribution in [1.82, 2.24) is 4.90 Å². The van der Waals surface area contributed by atoms with Gasteiger partial charge in [-0.1, -0.05) is 35.3 Å². The fourth-order valence-electron chi connectivity index (χ4n) is 3.97. The summed E-state index contributed by atoms with van der Waals surface area (Å²) in [7, 11) is -3.10. The molecule has 2 heterocycles. The molecule has 1 aliphatic rings. The second-order valence-electron chi connectivity index (χ2n) is 8.27. The highest BCUT2D eigenvalue weighted by molar-refractivity contribution is 9.10. The number of sulfone groups is 1. The molecule has 10 heteroatoms. The molecule has 0 bridgehead atoms. The summed E-state index contributed by atoms with van der Waals surface area (Å²) in [6, 6.07) is 16.0. The zero-order valence-electron chi connectivity index (χ0n) is 18.2. The first-order valence-electron chi connectivity index (χ1n) is 10.7. The second-order valence-corrected chi connectivity index (χ2v) is 12.2. The van der Waals surface area contributed by atoms with Gasteiger partial charge in [-0.3, -0.25) is 4.90 Å². The number of aliphatic hydroxyl groups excluding tert-OH is 1. The Morgan fingerprint density at radius 3 is 2.71 bits per heavy atom. The van der Waals surface area contributed by atoms with Crippen molar-refractivity contribution in [3.05, 3.63) is 74.9 Å². The first-order chi connectivity index (χ1) is 16.2. The van der Waals surface area contributed by atoms with Gasteiger partial charge in [-0.2, -0.15) is 0 Å². The van der Waals surface area contributed by atoms with E-state index in [1.54, 1.807) is 18.2 Å². The average Bonchev–Trinajstić information content (AvgIpc) is 3.40. The lowest BCUT2D eigenvalue weighted by Gasteiger charge is -2.29. The number of aliphatic hydroxyl groups is 1. The van der Waals surface area contributed by atoms with E-state index in [9.17, 15) is 13.5 Å². The Kier molecular flexibility index (Phi) is 8.28. The zero-order chi connectivity index (χ0) is 24.3. The molecule has 2 unspecified atom stereocenters. The molecule has 1 saturated heterocycles. The highest BCUT2D eigenvalue weighted by Gasteiger charge is 2.33. The van der Waals surface area contributed by atoms with Gasteiger partial charge in [0, 0.05) is 23.2 Å². The number of ether oxygens (including phenoxy) is 1. The quantitative estimate of drug-likeness (QED) is 0.358. The van der Waals surface area contributed by atoms with Crippen LogP contribution in [0.5, 0.6) is 5.75 Å². The summed E-state index contributed by atoms with van der Waals surface area (Å²) >= 11 is 15.8. The number of nitrogens with zero attached hydrogens (tertiary/aromatic N) is 1. The Hall–Kier alpha value is -1.55. The molecule has 1 aromatic heterocycles. The predicted molar refractivity (Wildman–Crippen MR) is 137 cm³/mol. The van der Waals surface area contributed by atoms with E-state index in [0.717, 1.165) is 4.47 Å². The monoisotopic (exact) mass is 587 g/mol. The minimum absolute atomic E-state index is 0.0541. The van der Waals surface area contributed by atoms with Crippen LogP contribution in [0.4, 0.5) is 0 Å². The molecule has 0 radical (unpaired) electrons. The Bertz CT molecular complexity index is 1250. The van der Waals surface area contributed by atoms with Crippen LogP contribution in [0.3, 0.4) is 0 Å². The molecule has 0 saturated carbocycles. The Labute approximate surface area is 217 Å². The summed E-state index contributed by atoms with van der Waals surface area (Å²) in [6.07, 6.45) is -0.319. The van der Waals surface area contributed by atoms with Crippen molar-refractivity contribution in [2.75, 3.05) is 24.7 Å². The van der Waals surface area contributed by atoms with E-state index < -0.39 is 15.9 Å².